The summed E-state index contributed by atoms with van der Waals surface area (Å²) in [5.74, 6) is -0.0111. The molecule has 3 heteroatoms. The maximum atomic E-state index is 12.3. The van der Waals surface area contributed by atoms with Crippen LogP contribution in [0.3, 0.4) is 0 Å². The molecule has 0 aromatic heterocycles. The highest BCUT2D eigenvalue weighted by atomic mass is 16.1. The van der Waals surface area contributed by atoms with Crippen LogP contribution in [-0.2, 0) is 13.1 Å². The van der Waals surface area contributed by atoms with Crippen molar-refractivity contribution in [2.24, 2.45) is 0 Å². The summed E-state index contributed by atoms with van der Waals surface area (Å²) in [6.07, 6.45) is 2.62. The summed E-state index contributed by atoms with van der Waals surface area (Å²) in [7, 11) is 0. The predicted molar refractivity (Wildman–Crippen MR) is 98.0 cm³/mol. The highest BCUT2D eigenvalue weighted by Gasteiger charge is 2.12. The zero-order valence-corrected chi connectivity index (χ0v) is 14.6. The lowest BCUT2D eigenvalue weighted by atomic mass is 10.1. The molecule has 1 heterocycles. The van der Waals surface area contributed by atoms with Crippen LogP contribution >= 0.6 is 0 Å². The lowest BCUT2D eigenvalue weighted by Crippen LogP contribution is -2.23. The van der Waals surface area contributed by atoms with Crippen LogP contribution in [0.25, 0.3) is 0 Å². The van der Waals surface area contributed by atoms with Crippen LogP contribution in [0.2, 0.25) is 0 Å². The minimum absolute atomic E-state index is 0.0111. The van der Waals surface area contributed by atoms with Gasteiger partial charge in [0.25, 0.3) is 5.91 Å². The number of hydrogen-bond donors (Lipinski definition) is 1. The fourth-order valence-corrected chi connectivity index (χ4v) is 3.20. The molecule has 1 fully saturated rings. The Labute approximate surface area is 144 Å². The molecule has 24 heavy (non-hydrogen) atoms. The first kappa shape index (κ1) is 16.7. The number of nitrogens with one attached hydrogen (secondary N) is 1. The van der Waals surface area contributed by atoms with Crippen LogP contribution in [0.1, 0.15) is 45.5 Å². The second-order valence-electron chi connectivity index (χ2n) is 6.78. The molecule has 1 aliphatic heterocycles. The number of carbonyl (C=O) groups excluding carboxylic acids is 1. The molecule has 2 aromatic rings. The summed E-state index contributed by atoms with van der Waals surface area (Å²) in [6.45, 7) is 8.08. The fraction of sp³-hybridized carbons (Fsp3) is 0.381. The predicted octanol–water partition coefficient (Wildman–Crippen LogP) is 3.83. The van der Waals surface area contributed by atoms with Gasteiger partial charge in [0.15, 0.2) is 0 Å². The first-order valence-corrected chi connectivity index (χ1v) is 8.77. The van der Waals surface area contributed by atoms with E-state index < -0.39 is 0 Å². The molecule has 0 bridgehead atoms. The molecule has 0 saturated carbocycles. The standard InChI is InChI=1S/C21H26N2O/c1-16-8-9-20(12-17(16)2)21(24)22-14-18-6-5-7-19(13-18)15-23-10-3-4-11-23/h5-9,12-13H,3-4,10-11,14-15H2,1-2H3,(H,22,24). The van der Waals surface area contributed by atoms with Crippen LogP contribution in [0.4, 0.5) is 0 Å². The van der Waals surface area contributed by atoms with Crippen LogP contribution in [0.15, 0.2) is 42.5 Å². The van der Waals surface area contributed by atoms with Gasteiger partial charge in [-0.05, 0) is 74.2 Å². The third-order valence-electron chi connectivity index (χ3n) is 4.82. The van der Waals surface area contributed by atoms with E-state index in [2.05, 4.69) is 41.4 Å². The van der Waals surface area contributed by atoms with Gasteiger partial charge in [-0.15, -0.1) is 0 Å². The highest BCUT2D eigenvalue weighted by molar-refractivity contribution is 5.94. The summed E-state index contributed by atoms with van der Waals surface area (Å²) in [6, 6.07) is 14.4. The van der Waals surface area contributed by atoms with Gasteiger partial charge >= 0.3 is 0 Å². The van der Waals surface area contributed by atoms with Gasteiger partial charge in [-0.1, -0.05) is 30.3 Å². The first-order chi connectivity index (χ1) is 11.6. The number of carbonyl (C=O) groups is 1. The van der Waals surface area contributed by atoms with Crippen molar-refractivity contribution in [3.8, 4) is 0 Å². The molecule has 1 N–H and O–H groups in total. The van der Waals surface area contributed by atoms with Gasteiger partial charge in [-0.3, -0.25) is 9.69 Å². The van der Waals surface area contributed by atoms with Crippen molar-refractivity contribution in [2.75, 3.05) is 13.1 Å². The summed E-state index contributed by atoms with van der Waals surface area (Å²) >= 11 is 0. The molecular weight excluding hydrogens is 296 g/mol. The van der Waals surface area contributed by atoms with Crippen molar-refractivity contribution in [2.45, 2.75) is 39.8 Å². The van der Waals surface area contributed by atoms with E-state index in [1.54, 1.807) is 0 Å². The second-order valence-corrected chi connectivity index (χ2v) is 6.78. The molecule has 0 unspecified atom stereocenters. The average Bonchev–Trinajstić information content (AvgIpc) is 3.08. The SMILES string of the molecule is Cc1ccc(C(=O)NCc2cccc(CN3CCCC3)c2)cc1C. The maximum absolute atomic E-state index is 12.3. The average molecular weight is 322 g/mol. The van der Waals surface area contributed by atoms with E-state index >= 15 is 0 Å². The van der Waals surface area contributed by atoms with Crippen molar-refractivity contribution >= 4 is 5.91 Å². The number of aryl methyl sites for hydroxylation is 2. The van der Waals surface area contributed by atoms with Crippen LogP contribution in [-0.4, -0.2) is 23.9 Å². The lowest BCUT2D eigenvalue weighted by molar-refractivity contribution is 0.0951. The molecule has 1 amide bonds. The molecule has 2 aromatic carbocycles. The fourth-order valence-electron chi connectivity index (χ4n) is 3.20. The van der Waals surface area contributed by atoms with E-state index in [4.69, 9.17) is 0 Å². The van der Waals surface area contributed by atoms with E-state index in [9.17, 15) is 4.79 Å². The molecule has 1 saturated heterocycles. The monoisotopic (exact) mass is 322 g/mol. The second kappa shape index (κ2) is 7.63. The number of rotatable bonds is 5. The Bertz CT molecular complexity index is 718. The van der Waals surface area contributed by atoms with E-state index in [0.29, 0.717) is 6.54 Å². The van der Waals surface area contributed by atoms with Crippen molar-refractivity contribution in [3.63, 3.8) is 0 Å². The zero-order valence-electron chi connectivity index (χ0n) is 14.6. The normalized spacial score (nSPS) is 14.8. The first-order valence-electron chi connectivity index (χ1n) is 8.77. The number of nitrogens with zero attached hydrogens (tertiary/aromatic N) is 1. The third-order valence-corrected chi connectivity index (χ3v) is 4.82. The number of amides is 1. The van der Waals surface area contributed by atoms with Gasteiger partial charge in [-0.25, -0.2) is 0 Å². The van der Waals surface area contributed by atoms with Crippen LogP contribution in [0, 0.1) is 13.8 Å². The van der Waals surface area contributed by atoms with Crippen LogP contribution in [0.5, 0.6) is 0 Å². The van der Waals surface area contributed by atoms with Gasteiger partial charge in [0.2, 0.25) is 0 Å². The van der Waals surface area contributed by atoms with Crippen LogP contribution < -0.4 is 5.32 Å². The summed E-state index contributed by atoms with van der Waals surface area (Å²) in [5.41, 5.74) is 5.57. The minimum Gasteiger partial charge on any atom is -0.348 e. The smallest absolute Gasteiger partial charge is 0.251 e. The van der Waals surface area contributed by atoms with E-state index in [1.165, 1.54) is 37.1 Å². The zero-order chi connectivity index (χ0) is 16.9. The lowest BCUT2D eigenvalue weighted by Gasteiger charge is -2.15. The topological polar surface area (TPSA) is 32.3 Å². The molecule has 0 aliphatic carbocycles. The molecule has 0 radical (unpaired) electrons. The van der Waals surface area contributed by atoms with E-state index in [0.717, 1.165) is 23.2 Å². The quantitative estimate of drug-likeness (QED) is 0.907. The highest BCUT2D eigenvalue weighted by Crippen LogP contribution is 2.14. The largest absolute Gasteiger partial charge is 0.348 e. The Morgan fingerprint density at radius 1 is 1.00 bits per heavy atom. The van der Waals surface area contributed by atoms with Gasteiger partial charge in [-0.2, -0.15) is 0 Å². The maximum Gasteiger partial charge on any atom is 0.251 e. The van der Waals surface area contributed by atoms with Crippen molar-refractivity contribution in [1.29, 1.82) is 0 Å². The van der Waals surface area contributed by atoms with Gasteiger partial charge in [0, 0.05) is 18.7 Å². The number of likely N-dealkylation sites (tertiary alicyclic amines) is 1. The molecule has 0 spiro atoms. The Balaban J connectivity index is 1.59. The van der Waals surface area contributed by atoms with E-state index in [1.807, 2.05) is 25.1 Å². The number of hydrogen-bond acceptors (Lipinski definition) is 2. The Morgan fingerprint density at radius 2 is 1.75 bits per heavy atom. The Morgan fingerprint density at radius 3 is 2.50 bits per heavy atom. The molecule has 1 aliphatic rings. The van der Waals surface area contributed by atoms with E-state index in [-0.39, 0.29) is 5.91 Å². The number of benzene rings is 2. The Hall–Kier alpha value is -2.13. The van der Waals surface area contributed by atoms with Gasteiger partial charge in [0.05, 0.1) is 0 Å². The molecule has 3 nitrogen and oxygen atoms in total. The van der Waals surface area contributed by atoms with Crippen molar-refractivity contribution in [1.82, 2.24) is 10.2 Å². The molecular formula is C21H26N2O. The third kappa shape index (κ3) is 4.24. The van der Waals surface area contributed by atoms with Gasteiger partial charge in [0.1, 0.15) is 0 Å². The molecule has 3 rings (SSSR count). The minimum atomic E-state index is -0.0111. The Kier molecular flexibility index (Phi) is 5.31. The van der Waals surface area contributed by atoms with Crippen molar-refractivity contribution in [3.05, 3.63) is 70.3 Å². The summed E-state index contributed by atoms with van der Waals surface area (Å²) < 4.78 is 0. The van der Waals surface area contributed by atoms with Crippen molar-refractivity contribution < 1.29 is 4.79 Å². The molecule has 126 valence electrons. The molecule has 0 atom stereocenters. The summed E-state index contributed by atoms with van der Waals surface area (Å²) in [5, 5.41) is 3.03. The summed E-state index contributed by atoms with van der Waals surface area (Å²) in [4.78, 5) is 14.8. The van der Waals surface area contributed by atoms with Gasteiger partial charge < -0.3 is 5.32 Å².